The molecule has 14 heteroatoms. The van der Waals surface area contributed by atoms with Crippen molar-refractivity contribution in [1.29, 1.82) is 0 Å². The maximum atomic E-state index is 12.3. The van der Waals surface area contributed by atoms with Crippen LogP contribution in [0.1, 0.15) is 91.4 Å². The second kappa shape index (κ2) is 30.0. The molecule has 81 heavy (non-hydrogen) atoms. The quantitative estimate of drug-likeness (QED) is 0.0669. The van der Waals surface area contributed by atoms with Crippen molar-refractivity contribution >= 4 is 30.2 Å². The summed E-state index contributed by atoms with van der Waals surface area (Å²) in [7, 11) is 3.40. The second-order valence-corrected chi connectivity index (χ2v) is 21.2. The van der Waals surface area contributed by atoms with Crippen LogP contribution < -0.4 is 28.7 Å². The van der Waals surface area contributed by atoms with Crippen LogP contribution in [-0.4, -0.2) is 121 Å². The van der Waals surface area contributed by atoms with Crippen LogP contribution in [0, 0.1) is 0 Å². The van der Waals surface area contributed by atoms with Gasteiger partial charge in [0.2, 0.25) is 0 Å². The van der Waals surface area contributed by atoms with Crippen LogP contribution in [-0.2, 0) is 33.6 Å². The first kappa shape index (κ1) is 57.7. The molecule has 4 aliphatic rings. The van der Waals surface area contributed by atoms with E-state index in [1.165, 1.54) is 36.8 Å². The van der Waals surface area contributed by atoms with Gasteiger partial charge in [-0.25, -0.2) is 0 Å². The maximum absolute atomic E-state index is 12.3. The zero-order valence-corrected chi connectivity index (χ0v) is 46.9. The number of ether oxygens (including phenoxy) is 4. The molecule has 2 saturated carbocycles. The SMILES string of the molecule is COc1ccc(N2CCN([C@H](C=O)c3cccnc3)C(Cc3ccccc3)C2)cc1OC1CCCC1.COc1ccc(N2CCN([C@H](C=O)c3ccncc3)C(Cc3ccccc3)C2)cc1OC1CCCC1.O=CCc1ccccn1. The van der Waals surface area contributed by atoms with Crippen molar-refractivity contribution in [2.45, 2.75) is 107 Å². The largest absolute Gasteiger partial charge is 0.493 e. The van der Waals surface area contributed by atoms with Gasteiger partial charge in [-0.15, -0.1) is 0 Å². The Balaban J connectivity index is 0.000000169. The Morgan fingerprint density at radius 2 is 1.01 bits per heavy atom. The van der Waals surface area contributed by atoms with Crippen LogP contribution in [0.4, 0.5) is 11.4 Å². The summed E-state index contributed by atoms with van der Waals surface area (Å²) < 4.78 is 24.0. The highest BCUT2D eigenvalue weighted by Crippen LogP contribution is 2.39. The molecule has 422 valence electrons. The van der Waals surface area contributed by atoms with Crippen molar-refractivity contribution in [1.82, 2.24) is 24.8 Å². The standard InChI is InChI=1S/2C30H35N3O3.C7H7NO/c1-35-29-14-13-25(19-30(29)36-27-11-5-6-12-27)32-16-17-33(28(22-34)24-10-7-15-31-20-24)26(21-32)18-23-8-3-2-4-9-23;1-35-29-12-11-25(20-30(29)36-27-9-5-6-10-27)32-17-18-33(28(22-34)24-13-15-31-16-14-24)26(21-32)19-23-7-3-2-4-8-23;9-6-4-7-3-1-2-5-8-7/h2-4,7-10,13-15,19-20,22,26-28H,5-6,11-12,16-18,21H2,1H3;2-4,7-8,11-16,20,22,26-28H,5-6,9-10,17-19,21H2,1H3;1-3,5-6H,4H2/t2*26?,28-;/m11./s1. The summed E-state index contributed by atoms with van der Waals surface area (Å²) in [4.78, 5) is 56.4. The third kappa shape index (κ3) is 15.9. The molecule has 11 rings (SSSR count). The van der Waals surface area contributed by atoms with Crippen molar-refractivity contribution in [2.75, 3.05) is 63.3 Å². The Bertz CT molecular complexity index is 2810. The molecule has 0 bridgehead atoms. The van der Waals surface area contributed by atoms with Gasteiger partial charge in [0.15, 0.2) is 23.0 Å². The zero-order valence-electron chi connectivity index (χ0n) is 46.9. The van der Waals surface area contributed by atoms with Gasteiger partial charge in [-0.05, 0) is 141 Å². The molecule has 4 fully saturated rings. The van der Waals surface area contributed by atoms with Gasteiger partial charge in [0, 0.05) is 118 Å². The minimum Gasteiger partial charge on any atom is -0.493 e. The molecule has 0 radical (unpaired) electrons. The molecule has 4 atom stereocenters. The van der Waals surface area contributed by atoms with Crippen molar-refractivity contribution in [3.05, 3.63) is 198 Å². The Morgan fingerprint density at radius 1 is 0.506 bits per heavy atom. The van der Waals surface area contributed by atoms with Gasteiger partial charge in [-0.1, -0.05) is 72.8 Å². The van der Waals surface area contributed by atoms with E-state index in [2.05, 4.69) is 107 Å². The molecule has 4 aromatic carbocycles. The fourth-order valence-corrected chi connectivity index (χ4v) is 11.8. The molecule has 3 aromatic heterocycles. The van der Waals surface area contributed by atoms with Gasteiger partial charge in [0.05, 0.1) is 38.5 Å². The Kier molecular flexibility index (Phi) is 21.4. The number of carbonyl (C=O) groups is 3. The fourth-order valence-electron chi connectivity index (χ4n) is 11.8. The number of anilines is 2. The fraction of sp³-hybridized carbons (Fsp3) is 0.373. The summed E-state index contributed by atoms with van der Waals surface area (Å²) in [6.45, 7) is 4.85. The lowest BCUT2D eigenvalue weighted by atomic mass is 9.97. The summed E-state index contributed by atoms with van der Waals surface area (Å²) in [6, 6.07) is 46.6. The molecule has 0 spiro atoms. The Hall–Kier alpha value is -7.94. The molecule has 2 saturated heterocycles. The van der Waals surface area contributed by atoms with E-state index in [-0.39, 0.29) is 36.4 Å². The minimum atomic E-state index is -0.313. The van der Waals surface area contributed by atoms with Crippen LogP contribution in [0.2, 0.25) is 0 Å². The van der Waals surface area contributed by atoms with Crippen molar-refractivity contribution in [2.24, 2.45) is 0 Å². The highest BCUT2D eigenvalue weighted by Gasteiger charge is 2.35. The molecule has 7 aromatic rings. The van der Waals surface area contributed by atoms with Crippen LogP contribution in [0.15, 0.2) is 171 Å². The van der Waals surface area contributed by atoms with Crippen LogP contribution in [0.25, 0.3) is 0 Å². The number of rotatable bonds is 20. The smallest absolute Gasteiger partial charge is 0.163 e. The molecule has 2 aliphatic heterocycles. The third-order valence-corrected chi connectivity index (χ3v) is 16.0. The summed E-state index contributed by atoms with van der Waals surface area (Å²) >= 11 is 0. The molecule has 5 heterocycles. The van der Waals surface area contributed by atoms with E-state index in [1.807, 2.05) is 66.7 Å². The minimum absolute atomic E-state index is 0.165. The lowest BCUT2D eigenvalue weighted by Gasteiger charge is -2.45. The number of nitrogens with zero attached hydrogens (tertiary/aromatic N) is 7. The summed E-state index contributed by atoms with van der Waals surface area (Å²) in [5.74, 6) is 3.21. The number of aromatic nitrogens is 3. The first-order chi connectivity index (χ1) is 39.9. The van der Waals surface area contributed by atoms with E-state index in [9.17, 15) is 14.4 Å². The number of hydrogen-bond acceptors (Lipinski definition) is 14. The van der Waals surface area contributed by atoms with Gasteiger partial charge >= 0.3 is 0 Å². The third-order valence-electron chi connectivity index (χ3n) is 16.0. The molecule has 14 nitrogen and oxygen atoms in total. The lowest BCUT2D eigenvalue weighted by Crippen LogP contribution is -2.55. The van der Waals surface area contributed by atoms with Gasteiger partial charge in [0.25, 0.3) is 0 Å². The maximum Gasteiger partial charge on any atom is 0.163 e. The van der Waals surface area contributed by atoms with E-state index >= 15 is 0 Å². The number of carbonyl (C=O) groups excluding carboxylic acids is 3. The van der Waals surface area contributed by atoms with Crippen molar-refractivity contribution in [3.63, 3.8) is 0 Å². The van der Waals surface area contributed by atoms with Crippen LogP contribution >= 0.6 is 0 Å². The number of aldehydes is 3. The topological polar surface area (TPSA) is 140 Å². The average Bonchev–Trinajstić information content (AvgIpc) is 4.31. The zero-order chi connectivity index (χ0) is 56.0. The van der Waals surface area contributed by atoms with E-state index in [4.69, 9.17) is 18.9 Å². The number of methoxy groups -OCH3 is 2. The monoisotopic (exact) mass is 1090 g/mol. The predicted molar refractivity (Wildman–Crippen MR) is 318 cm³/mol. The molecule has 0 N–H and O–H groups in total. The Morgan fingerprint density at radius 3 is 1.46 bits per heavy atom. The van der Waals surface area contributed by atoms with E-state index in [0.29, 0.717) is 6.42 Å². The number of piperazine rings is 2. The molecule has 2 unspecified atom stereocenters. The number of benzene rings is 4. The van der Waals surface area contributed by atoms with Crippen molar-refractivity contribution in [3.8, 4) is 23.0 Å². The number of pyridine rings is 3. The number of hydrogen-bond donors (Lipinski definition) is 0. The first-order valence-corrected chi connectivity index (χ1v) is 28.8. The van der Waals surface area contributed by atoms with Crippen LogP contribution in [0.3, 0.4) is 0 Å². The van der Waals surface area contributed by atoms with Gasteiger partial charge < -0.3 is 43.1 Å². The Labute approximate surface area is 478 Å². The van der Waals surface area contributed by atoms with E-state index in [0.717, 1.165) is 148 Å². The molecular weight excluding hydrogens is 1010 g/mol. The van der Waals surface area contributed by atoms with E-state index in [1.54, 1.807) is 45.2 Å². The van der Waals surface area contributed by atoms with Gasteiger partial charge in [0.1, 0.15) is 18.9 Å². The highest BCUT2D eigenvalue weighted by molar-refractivity contribution is 5.63. The molecule has 2 aliphatic carbocycles. The summed E-state index contributed by atoms with van der Waals surface area (Å²) in [5.41, 5.74) is 7.56. The highest BCUT2D eigenvalue weighted by atomic mass is 16.5. The van der Waals surface area contributed by atoms with Crippen molar-refractivity contribution < 1.29 is 33.3 Å². The first-order valence-electron chi connectivity index (χ1n) is 28.8. The lowest BCUT2D eigenvalue weighted by molar-refractivity contribution is -0.114. The normalized spacial score (nSPS) is 18.5. The van der Waals surface area contributed by atoms with Crippen LogP contribution in [0.5, 0.6) is 23.0 Å². The summed E-state index contributed by atoms with van der Waals surface area (Å²) in [6.07, 6.45) is 23.8. The average molecular weight is 1090 g/mol. The van der Waals surface area contributed by atoms with Gasteiger partial charge in [-0.3, -0.25) is 24.8 Å². The second-order valence-electron chi connectivity index (χ2n) is 21.2. The van der Waals surface area contributed by atoms with Gasteiger partial charge in [-0.2, -0.15) is 0 Å². The molecule has 0 amide bonds. The predicted octanol–water partition coefficient (Wildman–Crippen LogP) is 11.0. The molecular formula is C67H77N7O7. The summed E-state index contributed by atoms with van der Waals surface area (Å²) in [5, 5.41) is 0. The van der Waals surface area contributed by atoms with E-state index < -0.39 is 0 Å².